The molecule has 0 bridgehead atoms. The number of benzene rings is 3. The number of rotatable bonds is 30. The first-order valence-electron chi connectivity index (χ1n) is 33.7. The first-order chi connectivity index (χ1) is 49.1. The van der Waals surface area contributed by atoms with Crippen LogP contribution in [0, 0.1) is 36.6 Å². The van der Waals surface area contributed by atoms with Gasteiger partial charge in [-0.2, -0.15) is 0 Å². The number of para-hydroxylation sites is 3. The highest BCUT2D eigenvalue weighted by Gasteiger charge is 2.51. The lowest BCUT2D eigenvalue weighted by Crippen LogP contribution is -2.35. The van der Waals surface area contributed by atoms with E-state index in [1.54, 1.807) is 166 Å². The lowest BCUT2D eigenvalue weighted by molar-refractivity contribution is -0.152. The summed E-state index contributed by atoms with van der Waals surface area (Å²) in [7, 11) is -11.6. The molecule has 3 aromatic heterocycles. The molecule has 3 aliphatic rings. The Morgan fingerprint density at radius 3 is 1.04 bits per heavy atom. The van der Waals surface area contributed by atoms with Crippen molar-refractivity contribution < 1.29 is 96.8 Å². The summed E-state index contributed by atoms with van der Waals surface area (Å²) in [6.07, 6.45) is -3.30. The number of hydrogen-bond donors (Lipinski definition) is 3. The van der Waals surface area contributed by atoms with Crippen LogP contribution in [0.5, 0.6) is 17.2 Å². The van der Waals surface area contributed by atoms with Gasteiger partial charge < -0.3 is 47.0 Å². The quantitative estimate of drug-likeness (QED) is 0.0163. The molecule has 0 saturated carbocycles. The van der Waals surface area contributed by atoms with Crippen molar-refractivity contribution in [3.63, 3.8) is 0 Å². The molecule has 6 aromatic rings. The van der Waals surface area contributed by atoms with Crippen molar-refractivity contribution in [2.75, 3.05) is 38.3 Å². The smallest absolute Gasteiger partial charge is 0.380 e. The molecule has 3 aromatic carbocycles. The Bertz CT molecular complexity index is 3990. The average Bonchev–Trinajstić information content (AvgIpc) is 1.64. The van der Waals surface area contributed by atoms with Crippen molar-refractivity contribution in [1.29, 1.82) is 0 Å². The summed E-state index contributed by atoms with van der Waals surface area (Å²) in [6.45, 7) is 18.4. The number of nitrogens with one attached hydrogen (secondary N) is 3. The molecule has 105 heavy (non-hydrogen) atoms. The minimum atomic E-state index is -3.89. The van der Waals surface area contributed by atoms with Crippen LogP contribution in [0.1, 0.15) is 121 Å². The van der Waals surface area contributed by atoms with E-state index >= 15 is 13.2 Å². The third-order valence-corrected chi connectivity index (χ3v) is 23.0. The highest BCUT2D eigenvalue weighted by atomic mass is 32.1. The van der Waals surface area contributed by atoms with Crippen LogP contribution in [-0.2, 0) is 70.1 Å². The molecule has 0 spiro atoms. The van der Waals surface area contributed by atoms with Crippen molar-refractivity contribution in [3.8, 4) is 17.2 Å². The Morgan fingerprint density at radius 2 is 0.743 bits per heavy atom. The Kier molecular flexibility index (Phi) is 30.6. The number of hydrogen-bond acceptors (Lipinski definition) is 24. The van der Waals surface area contributed by atoms with E-state index in [1.165, 1.54) is 54.4 Å². The summed E-state index contributed by atoms with van der Waals surface area (Å²) in [6, 6.07) is 29.6. The van der Waals surface area contributed by atoms with Crippen LogP contribution in [0.25, 0.3) is 0 Å². The molecule has 3 aliphatic heterocycles. The number of carbonyl (C=O) groups is 3. The zero-order valence-electron chi connectivity index (χ0n) is 60.0. The fourth-order valence-corrected chi connectivity index (χ4v) is 17.7. The first kappa shape index (κ1) is 85.7. The minimum Gasteiger partial charge on any atom is -0.463 e. The molecule has 576 valence electrons. The molecule has 6 unspecified atom stereocenters. The van der Waals surface area contributed by atoms with Gasteiger partial charge in [-0.3, -0.25) is 56.4 Å². The van der Waals surface area contributed by atoms with Crippen molar-refractivity contribution >= 4 is 89.6 Å². The first-order valence-corrected chi connectivity index (χ1v) is 40.5. The fourth-order valence-electron chi connectivity index (χ4n) is 11.1. The zero-order chi connectivity index (χ0) is 77.4. The lowest BCUT2D eigenvalue weighted by Gasteiger charge is -2.24. The topological polar surface area (TPSA) is 309 Å². The van der Waals surface area contributed by atoms with Gasteiger partial charge in [-0.1, -0.05) is 99.8 Å². The lowest BCUT2D eigenvalue weighted by atomic mass is 10.0. The van der Waals surface area contributed by atoms with Crippen molar-refractivity contribution in [1.82, 2.24) is 28.7 Å². The number of halogens is 3. The Labute approximate surface area is 626 Å². The number of aromatic nitrogens is 6. The third-order valence-electron chi connectivity index (χ3n) is 15.8. The van der Waals surface area contributed by atoms with Gasteiger partial charge in [-0.25, -0.2) is 31.7 Å². The molecule has 6 heterocycles. The summed E-state index contributed by atoms with van der Waals surface area (Å²) in [4.78, 5) is 68.4. The maximum Gasteiger partial charge on any atom is 0.380 e. The molecule has 36 heteroatoms. The molecule has 3 saturated heterocycles. The summed E-state index contributed by atoms with van der Waals surface area (Å²) < 4.78 is 159. The van der Waals surface area contributed by atoms with E-state index in [1.807, 2.05) is 0 Å². The normalized spacial score (nSPS) is 24.6. The molecule has 3 fully saturated rings. The molecule has 0 aliphatic carbocycles. The van der Waals surface area contributed by atoms with Gasteiger partial charge in [0.2, 0.25) is 0 Å². The molecule has 0 radical (unpaired) electrons. The van der Waals surface area contributed by atoms with Gasteiger partial charge in [0.05, 0.1) is 92.7 Å². The maximum absolute atomic E-state index is 15.4. The van der Waals surface area contributed by atoms with Gasteiger partial charge in [0.15, 0.2) is 45.2 Å². The van der Waals surface area contributed by atoms with Crippen molar-refractivity contribution in [2.45, 2.75) is 175 Å². The van der Waals surface area contributed by atoms with Crippen LogP contribution in [0.15, 0.2) is 137 Å². The fraction of sp³-hybridized carbons (Fsp3) is 0.522. The number of carbonyl (C=O) groups excluding carboxylic acids is 3. The van der Waals surface area contributed by atoms with Crippen molar-refractivity contribution in [2.24, 2.45) is 17.8 Å². The number of H-pyrrole nitrogens is 3. The molecular formula is C69H90F3N6O20P3S4. The van der Waals surface area contributed by atoms with Crippen molar-refractivity contribution in [3.05, 3.63) is 167 Å². The summed E-state index contributed by atoms with van der Waals surface area (Å²) in [5, 5.41) is 0. The van der Waals surface area contributed by atoms with Gasteiger partial charge in [0.1, 0.15) is 26.5 Å². The van der Waals surface area contributed by atoms with E-state index < -0.39 is 124 Å². The van der Waals surface area contributed by atoms with Gasteiger partial charge in [-0.15, -0.1) is 0 Å². The predicted molar refractivity (Wildman–Crippen MR) is 394 cm³/mol. The molecular weight excluding hydrogens is 1510 g/mol. The van der Waals surface area contributed by atoms with Crippen LogP contribution in [0.4, 0.5) is 13.2 Å². The number of ether oxygens (including phenoxy) is 6. The Balaban J connectivity index is 0.000000220. The van der Waals surface area contributed by atoms with E-state index in [0.717, 1.165) is 4.57 Å². The number of esters is 3. The number of aromatic amines is 3. The number of nitrogens with zero attached hydrogens (tertiary/aromatic N) is 3. The predicted octanol–water partition coefficient (Wildman–Crippen LogP) is 15.8. The van der Waals surface area contributed by atoms with Crippen LogP contribution in [0.3, 0.4) is 0 Å². The van der Waals surface area contributed by atoms with Gasteiger partial charge in [0, 0.05) is 43.9 Å². The van der Waals surface area contributed by atoms with E-state index in [4.69, 9.17) is 104 Å². The number of alkyl halides is 3. The molecule has 15 atom stereocenters. The molecule has 0 amide bonds. The zero-order valence-corrected chi connectivity index (χ0v) is 66.0. The van der Waals surface area contributed by atoms with Crippen LogP contribution >= 0.6 is 71.7 Å². The second-order valence-corrected chi connectivity index (χ2v) is 34.7. The summed E-state index contributed by atoms with van der Waals surface area (Å²) in [5.41, 5.74) is -6.55. The van der Waals surface area contributed by atoms with Crippen LogP contribution in [0.2, 0.25) is 0 Å². The SMILES string of the molecule is CC(C)OC(=O)[C@H](C)CP(=O)(OC[C@@H]1CC(C)(F)[C@H](n2ccc(=O)[nH]c2=S)O1)Oc1ccccc1.CC(C)OC(=O)[C@H](C)CP(=O)(OC[C@@H]1CC(C)(F)[C@H](n2ccc(=S)[nH]c2=O)O1)Oc1ccccc1.CC(C)OC(=O)[C@H](C)CP(=O)(OC[C@@H]1CC(C)(F)[C@H](n2ccc(=S)[nH]c2=S)O1)Oc1ccccc1. The highest BCUT2D eigenvalue weighted by molar-refractivity contribution is 7.72. The van der Waals surface area contributed by atoms with E-state index in [-0.39, 0.29) is 90.1 Å². The van der Waals surface area contributed by atoms with Gasteiger partial charge >= 0.3 is 46.4 Å². The third kappa shape index (κ3) is 25.8. The van der Waals surface area contributed by atoms with E-state index in [2.05, 4.69) is 15.0 Å². The summed E-state index contributed by atoms with van der Waals surface area (Å²) >= 11 is 20.4. The van der Waals surface area contributed by atoms with Crippen LogP contribution in [-0.4, -0.2) is 138 Å². The summed E-state index contributed by atoms with van der Waals surface area (Å²) in [5.74, 6) is -2.93. The largest absolute Gasteiger partial charge is 0.463 e. The molecule has 9 rings (SSSR count). The van der Waals surface area contributed by atoms with Gasteiger partial charge in [0.25, 0.3) is 5.56 Å². The van der Waals surface area contributed by atoms with Gasteiger partial charge in [-0.05, 0) is 135 Å². The van der Waals surface area contributed by atoms with E-state index in [9.17, 15) is 37.7 Å². The second kappa shape index (κ2) is 37.5. The monoisotopic (exact) mass is 1600 g/mol. The minimum absolute atomic E-state index is 0.0171. The standard InChI is InChI=1S/2C23H30FN2O7PS.C23H30FN2O6PS2/c1-15(2)31-20(27)16(3)14-34(29,33-17-8-6-5-7-9-17)30-13-18-12-23(4,24)21(32-18)26-11-10-19(35)25-22(26)28;1-15(2)31-20(28)16(3)14-34(29,33-17-8-6-5-7-9-17)30-13-18-12-23(4,24)21(32-18)26-11-10-19(27)25-22(26)35;1-15(2)30-20(27)16(3)14-33(28,32-17-8-6-5-7-9-17)29-13-18-12-23(4,24)21(31-18)26-11-10-19(34)25-22(26)35/h5-11,15-16,18,21H,12-14H2,1-4H3,(H,25,28,35);5-11,15-16,18,21H,12-14H2,1-4H3,(H,25,27,35);5-11,15-16,18,21H,12-14H2,1-4H3,(H,25,34,35)/t2*16-,18+,21-,23?,34?;16-,18+,21-,23?,33?/m111/s1. The highest BCUT2D eigenvalue weighted by Crippen LogP contribution is 2.55. The van der Waals surface area contributed by atoms with Crippen LogP contribution < -0.4 is 24.8 Å². The molecule has 3 N–H and O–H groups in total. The van der Waals surface area contributed by atoms with E-state index in [0.29, 0.717) is 21.9 Å². The Morgan fingerprint density at radius 1 is 0.457 bits per heavy atom. The Hall–Kier alpha value is -6.57. The second-order valence-electron chi connectivity index (χ2n) is 27.0. The average molecular weight is 1600 g/mol. The molecule has 26 nitrogen and oxygen atoms in total. The maximum atomic E-state index is 15.4.